The molecule has 0 unspecified atom stereocenters. The molecule has 3 heterocycles. The van der Waals surface area contributed by atoms with Crippen LogP contribution in [0.2, 0.25) is 5.02 Å². The quantitative estimate of drug-likeness (QED) is 0.628. The zero-order valence-electron chi connectivity index (χ0n) is 14.8. The predicted octanol–water partition coefficient (Wildman–Crippen LogP) is 2.38. The highest BCUT2D eigenvalue weighted by atomic mass is 35.5. The molecule has 146 valence electrons. The molecular weight excluding hydrogens is 404 g/mol. The van der Waals surface area contributed by atoms with Crippen LogP contribution in [-0.4, -0.2) is 40.5 Å². The van der Waals surface area contributed by atoms with Gasteiger partial charge in [0.15, 0.2) is 0 Å². The molecule has 0 atom stereocenters. The Kier molecular flexibility index (Phi) is 5.05. The first-order chi connectivity index (χ1) is 13.4. The first-order valence-electron chi connectivity index (χ1n) is 8.73. The first-order valence-corrected chi connectivity index (χ1v) is 10.5. The SMILES string of the molecule is O=c1ccc(S(=O)(=O)N2CCCC2)cn1Cc1nc(-c2ccccc2Cl)no1. The number of hydrogen-bond donors (Lipinski definition) is 0. The number of rotatable bonds is 5. The molecule has 0 amide bonds. The zero-order chi connectivity index (χ0) is 19.7. The molecular formula is C18H17ClN4O4S. The predicted molar refractivity (Wildman–Crippen MR) is 103 cm³/mol. The normalized spacial score (nSPS) is 15.2. The second kappa shape index (κ2) is 7.50. The monoisotopic (exact) mass is 420 g/mol. The Bertz CT molecular complexity index is 1170. The third-order valence-corrected chi connectivity index (χ3v) is 6.76. The summed E-state index contributed by atoms with van der Waals surface area (Å²) in [6, 6.07) is 9.62. The van der Waals surface area contributed by atoms with Crippen LogP contribution in [0.25, 0.3) is 11.4 Å². The Labute approximate surface area is 166 Å². The number of aromatic nitrogens is 3. The van der Waals surface area contributed by atoms with Crippen LogP contribution in [0.5, 0.6) is 0 Å². The molecule has 1 aromatic carbocycles. The van der Waals surface area contributed by atoms with Crippen LogP contribution in [-0.2, 0) is 16.6 Å². The summed E-state index contributed by atoms with van der Waals surface area (Å²) >= 11 is 6.14. The molecule has 0 bridgehead atoms. The average Bonchev–Trinajstić information content (AvgIpc) is 3.36. The van der Waals surface area contributed by atoms with Gasteiger partial charge in [0.05, 0.1) is 9.92 Å². The van der Waals surface area contributed by atoms with Crippen LogP contribution in [0.3, 0.4) is 0 Å². The van der Waals surface area contributed by atoms with Crippen molar-refractivity contribution in [2.45, 2.75) is 24.3 Å². The van der Waals surface area contributed by atoms with Crippen molar-refractivity contribution in [3.05, 3.63) is 63.9 Å². The van der Waals surface area contributed by atoms with E-state index in [-0.39, 0.29) is 22.9 Å². The van der Waals surface area contributed by atoms with Gasteiger partial charge in [-0.15, -0.1) is 0 Å². The molecule has 3 aromatic rings. The molecule has 1 saturated heterocycles. The largest absolute Gasteiger partial charge is 0.337 e. The van der Waals surface area contributed by atoms with Crippen molar-refractivity contribution in [1.82, 2.24) is 19.0 Å². The summed E-state index contributed by atoms with van der Waals surface area (Å²) in [5.74, 6) is 0.474. The molecule has 10 heteroatoms. The highest BCUT2D eigenvalue weighted by Gasteiger charge is 2.27. The van der Waals surface area contributed by atoms with Gasteiger partial charge >= 0.3 is 0 Å². The minimum absolute atomic E-state index is 0.0420. The van der Waals surface area contributed by atoms with E-state index in [1.165, 1.54) is 27.2 Å². The summed E-state index contributed by atoms with van der Waals surface area (Å²) < 4.78 is 33.3. The molecule has 2 aromatic heterocycles. The Hall–Kier alpha value is -2.49. The molecule has 28 heavy (non-hydrogen) atoms. The van der Waals surface area contributed by atoms with Crippen molar-refractivity contribution in [1.29, 1.82) is 0 Å². The number of pyridine rings is 1. The number of hydrogen-bond acceptors (Lipinski definition) is 6. The Balaban J connectivity index is 1.62. The maximum absolute atomic E-state index is 12.7. The van der Waals surface area contributed by atoms with Gasteiger partial charge in [0.1, 0.15) is 6.54 Å². The number of benzene rings is 1. The van der Waals surface area contributed by atoms with E-state index in [1.807, 2.05) is 0 Å². The van der Waals surface area contributed by atoms with Gasteiger partial charge in [0, 0.05) is 30.9 Å². The zero-order valence-corrected chi connectivity index (χ0v) is 16.4. The van der Waals surface area contributed by atoms with E-state index in [9.17, 15) is 13.2 Å². The molecule has 8 nitrogen and oxygen atoms in total. The average molecular weight is 421 g/mol. The summed E-state index contributed by atoms with van der Waals surface area (Å²) in [4.78, 5) is 16.5. The third kappa shape index (κ3) is 3.60. The molecule has 1 aliphatic rings. The van der Waals surface area contributed by atoms with E-state index in [0.717, 1.165) is 12.8 Å². The fourth-order valence-corrected chi connectivity index (χ4v) is 4.84. The second-order valence-corrected chi connectivity index (χ2v) is 8.78. The van der Waals surface area contributed by atoms with Gasteiger partial charge in [-0.05, 0) is 31.0 Å². The van der Waals surface area contributed by atoms with Crippen LogP contribution in [0, 0.1) is 0 Å². The molecule has 1 aliphatic heterocycles. The minimum Gasteiger partial charge on any atom is -0.337 e. The van der Waals surface area contributed by atoms with E-state index < -0.39 is 10.0 Å². The van der Waals surface area contributed by atoms with Gasteiger partial charge in [-0.1, -0.05) is 28.9 Å². The summed E-state index contributed by atoms with van der Waals surface area (Å²) in [5.41, 5.74) is 0.245. The number of sulfonamides is 1. The summed E-state index contributed by atoms with van der Waals surface area (Å²) in [7, 11) is -3.62. The molecule has 1 fully saturated rings. The Morgan fingerprint density at radius 2 is 1.86 bits per heavy atom. The van der Waals surface area contributed by atoms with Crippen LogP contribution in [0.1, 0.15) is 18.7 Å². The van der Waals surface area contributed by atoms with Crippen LogP contribution < -0.4 is 5.56 Å². The van der Waals surface area contributed by atoms with Gasteiger partial charge in [-0.25, -0.2) is 8.42 Å². The molecule has 0 N–H and O–H groups in total. The first kappa shape index (κ1) is 18.9. The van der Waals surface area contributed by atoms with Crippen LogP contribution >= 0.6 is 11.6 Å². The minimum atomic E-state index is -3.62. The maximum atomic E-state index is 12.7. The van der Waals surface area contributed by atoms with Gasteiger partial charge in [0.25, 0.3) is 5.56 Å². The lowest BCUT2D eigenvalue weighted by atomic mass is 10.2. The lowest BCUT2D eigenvalue weighted by Crippen LogP contribution is -2.29. The van der Waals surface area contributed by atoms with E-state index in [2.05, 4.69) is 10.1 Å². The van der Waals surface area contributed by atoms with Gasteiger partial charge in [-0.2, -0.15) is 9.29 Å². The van der Waals surface area contributed by atoms with Crippen molar-refractivity contribution < 1.29 is 12.9 Å². The van der Waals surface area contributed by atoms with Crippen molar-refractivity contribution in [3.63, 3.8) is 0 Å². The van der Waals surface area contributed by atoms with Crippen molar-refractivity contribution in [2.75, 3.05) is 13.1 Å². The van der Waals surface area contributed by atoms with Gasteiger partial charge in [0.2, 0.25) is 21.7 Å². The number of nitrogens with zero attached hydrogens (tertiary/aromatic N) is 4. The smallest absolute Gasteiger partial charge is 0.251 e. The Morgan fingerprint density at radius 1 is 1.11 bits per heavy atom. The van der Waals surface area contributed by atoms with Gasteiger partial charge < -0.3 is 9.09 Å². The second-order valence-electron chi connectivity index (χ2n) is 6.43. The third-order valence-electron chi connectivity index (χ3n) is 4.55. The van der Waals surface area contributed by atoms with E-state index >= 15 is 0 Å². The molecule has 0 radical (unpaired) electrons. The fourth-order valence-electron chi connectivity index (χ4n) is 3.08. The lowest BCUT2D eigenvalue weighted by molar-refractivity contribution is 0.369. The standard InChI is InChI=1S/C18H17ClN4O4S/c19-15-6-2-1-5-14(15)18-20-16(27-21-18)12-22-11-13(7-8-17(22)24)28(25,26)23-9-3-4-10-23/h1-2,5-8,11H,3-4,9-10,12H2. The molecule has 4 rings (SSSR count). The topological polar surface area (TPSA) is 98.3 Å². The molecule has 0 spiro atoms. The molecule has 0 saturated carbocycles. The van der Waals surface area contributed by atoms with E-state index in [0.29, 0.717) is 29.5 Å². The number of halogens is 1. The highest BCUT2D eigenvalue weighted by Crippen LogP contribution is 2.25. The summed E-state index contributed by atoms with van der Waals surface area (Å²) in [6.07, 6.45) is 2.99. The highest BCUT2D eigenvalue weighted by molar-refractivity contribution is 7.89. The van der Waals surface area contributed by atoms with Crippen molar-refractivity contribution >= 4 is 21.6 Å². The van der Waals surface area contributed by atoms with Crippen LogP contribution in [0.4, 0.5) is 0 Å². The fraction of sp³-hybridized carbons (Fsp3) is 0.278. The van der Waals surface area contributed by atoms with Gasteiger partial charge in [-0.3, -0.25) is 4.79 Å². The maximum Gasteiger partial charge on any atom is 0.251 e. The Morgan fingerprint density at radius 3 is 2.61 bits per heavy atom. The van der Waals surface area contributed by atoms with Crippen molar-refractivity contribution in [2.24, 2.45) is 0 Å². The van der Waals surface area contributed by atoms with Crippen molar-refractivity contribution in [3.8, 4) is 11.4 Å². The van der Waals surface area contributed by atoms with E-state index in [4.69, 9.17) is 16.1 Å². The summed E-state index contributed by atoms with van der Waals surface area (Å²) in [5, 5.41) is 4.37. The van der Waals surface area contributed by atoms with E-state index in [1.54, 1.807) is 24.3 Å². The molecule has 0 aliphatic carbocycles. The lowest BCUT2D eigenvalue weighted by Gasteiger charge is -2.16. The van der Waals surface area contributed by atoms with Crippen LogP contribution in [0.15, 0.2) is 56.8 Å². The summed E-state index contributed by atoms with van der Waals surface area (Å²) in [6.45, 7) is 0.943.